The number of rotatable bonds is 7. The molecule has 8 nitrogen and oxygen atoms in total. The van der Waals surface area contributed by atoms with Crippen molar-refractivity contribution in [3.63, 3.8) is 0 Å². The van der Waals surface area contributed by atoms with Gasteiger partial charge in [0.1, 0.15) is 33.2 Å². The van der Waals surface area contributed by atoms with Crippen molar-refractivity contribution in [2.24, 2.45) is 30.0 Å². The smallest absolute Gasteiger partial charge is 0.248 e. The van der Waals surface area contributed by atoms with Crippen LogP contribution in [0, 0.1) is 0 Å². The predicted molar refractivity (Wildman–Crippen MR) is 209 cm³/mol. The highest BCUT2D eigenvalue weighted by atomic mass is 32.2. The Labute approximate surface area is 297 Å². The molecule has 0 aromatic heterocycles. The fourth-order valence-corrected chi connectivity index (χ4v) is 14.2. The second kappa shape index (κ2) is 11.7. The molecular formula is C32H39N7OS6. The summed E-state index contributed by atoms with van der Waals surface area (Å²) in [7, 11) is 1.67. The largest absolute Gasteiger partial charge is 0.357 e. The number of nitrogens with one attached hydrogen (secondary N) is 1. The fourth-order valence-electron chi connectivity index (χ4n) is 6.03. The molecule has 0 radical (unpaired) electrons. The Morgan fingerprint density at radius 2 is 0.913 bits per heavy atom. The van der Waals surface area contributed by atoms with Crippen LogP contribution < -0.4 is 5.32 Å². The van der Waals surface area contributed by atoms with E-state index in [0.717, 1.165) is 59.0 Å². The van der Waals surface area contributed by atoms with Crippen LogP contribution >= 0.6 is 70.6 Å². The van der Waals surface area contributed by atoms with Gasteiger partial charge in [0.05, 0.1) is 30.3 Å². The van der Waals surface area contributed by atoms with Gasteiger partial charge in [0.25, 0.3) is 0 Å². The number of aliphatic imine (C=N–C) groups is 6. The van der Waals surface area contributed by atoms with Gasteiger partial charge in [0, 0.05) is 47.1 Å². The van der Waals surface area contributed by atoms with E-state index in [0.29, 0.717) is 5.75 Å². The molecule has 46 heavy (non-hydrogen) atoms. The highest BCUT2D eigenvalue weighted by Crippen LogP contribution is 2.48. The van der Waals surface area contributed by atoms with E-state index in [1.807, 2.05) is 60.0 Å². The predicted octanol–water partition coefficient (Wildman–Crippen LogP) is 6.20. The topological polar surface area (TPSA) is 103 Å². The average Bonchev–Trinajstić information content (AvgIpc) is 3.88. The number of amides is 1. The maximum absolute atomic E-state index is 12.5. The summed E-state index contributed by atoms with van der Waals surface area (Å²) in [4.78, 5) is 43.9. The van der Waals surface area contributed by atoms with Crippen molar-refractivity contribution in [3.8, 4) is 0 Å². The molecule has 7 rings (SSSR count). The SMILES string of the molecule is CNC(=O)[C@]1(C)CSC([C@]2(C)CSC([C@]3(C)CSC([C@]4(C)CSC([C@]5(C)CSC([C@]6(C)CSC(c7ccccc7)=N6)=N5)=N4)=N3)=N2)=N1. The van der Waals surface area contributed by atoms with Gasteiger partial charge in [0.15, 0.2) is 0 Å². The molecule has 14 heteroatoms. The molecule has 6 aliphatic heterocycles. The molecule has 0 saturated heterocycles. The second-order valence-electron chi connectivity index (χ2n) is 13.8. The lowest BCUT2D eigenvalue weighted by Crippen LogP contribution is -2.42. The summed E-state index contributed by atoms with van der Waals surface area (Å²) in [5.74, 6) is 4.90. The number of carbonyl (C=O) groups excluding carboxylic acids is 1. The fraction of sp³-hybridized carbons (Fsp3) is 0.594. The highest BCUT2D eigenvalue weighted by Gasteiger charge is 2.52. The van der Waals surface area contributed by atoms with E-state index in [9.17, 15) is 4.79 Å². The van der Waals surface area contributed by atoms with Crippen LogP contribution in [-0.2, 0) is 4.79 Å². The molecule has 1 N–H and O–H groups in total. The van der Waals surface area contributed by atoms with Gasteiger partial charge < -0.3 is 5.32 Å². The van der Waals surface area contributed by atoms with Crippen molar-refractivity contribution >= 4 is 107 Å². The summed E-state index contributed by atoms with van der Waals surface area (Å²) in [6, 6.07) is 10.5. The van der Waals surface area contributed by atoms with Crippen LogP contribution in [0.3, 0.4) is 0 Å². The Bertz CT molecular complexity index is 1680. The van der Waals surface area contributed by atoms with Crippen molar-refractivity contribution < 1.29 is 4.79 Å². The number of likely N-dealkylation sites (N-methyl/N-ethyl adjacent to an activating group) is 1. The molecule has 0 unspecified atom stereocenters. The normalized spacial score (nSPS) is 40.4. The van der Waals surface area contributed by atoms with E-state index in [1.165, 1.54) is 5.56 Å². The number of hydrogen-bond acceptors (Lipinski definition) is 13. The maximum atomic E-state index is 12.5. The molecular weight excluding hydrogens is 691 g/mol. The number of benzene rings is 1. The second-order valence-corrected chi connectivity index (χ2v) is 19.6. The zero-order valence-electron chi connectivity index (χ0n) is 27.2. The summed E-state index contributed by atoms with van der Waals surface area (Å²) >= 11 is 10.8. The van der Waals surface area contributed by atoms with Crippen molar-refractivity contribution in [2.45, 2.75) is 74.8 Å². The van der Waals surface area contributed by atoms with Crippen LogP contribution in [-0.4, -0.2) is 111 Å². The molecule has 6 heterocycles. The Kier molecular flexibility index (Phi) is 8.48. The van der Waals surface area contributed by atoms with Gasteiger partial charge in [-0.25, -0.2) is 0 Å². The van der Waals surface area contributed by atoms with Crippen LogP contribution in [0.5, 0.6) is 0 Å². The van der Waals surface area contributed by atoms with E-state index < -0.39 is 16.6 Å². The molecule has 1 aromatic rings. The summed E-state index contributed by atoms with van der Waals surface area (Å²) < 4.78 is 0. The van der Waals surface area contributed by atoms with Crippen LogP contribution in [0.25, 0.3) is 0 Å². The number of carbonyl (C=O) groups is 1. The summed E-state index contributed by atoms with van der Waals surface area (Å²) in [6.45, 7) is 12.9. The number of nitrogens with zero attached hydrogens (tertiary/aromatic N) is 6. The first kappa shape index (κ1) is 33.3. The minimum atomic E-state index is -0.741. The van der Waals surface area contributed by atoms with Gasteiger partial charge in [0.2, 0.25) is 5.91 Å². The third-order valence-electron chi connectivity index (χ3n) is 9.07. The van der Waals surface area contributed by atoms with E-state index in [1.54, 1.807) is 30.6 Å². The molecule has 1 amide bonds. The van der Waals surface area contributed by atoms with Gasteiger partial charge in [-0.1, -0.05) is 30.3 Å². The van der Waals surface area contributed by atoms with E-state index >= 15 is 0 Å². The minimum absolute atomic E-state index is 0.0473. The van der Waals surface area contributed by atoms with Crippen LogP contribution in [0.15, 0.2) is 60.3 Å². The molecule has 0 saturated carbocycles. The summed E-state index contributed by atoms with van der Waals surface area (Å²) in [5.41, 5.74) is -1.45. The van der Waals surface area contributed by atoms with Gasteiger partial charge in [-0.2, -0.15) is 0 Å². The average molecular weight is 730 g/mol. The van der Waals surface area contributed by atoms with E-state index in [2.05, 4.69) is 64.2 Å². The monoisotopic (exact) mass is 729 g/mol. The molecule has 0 spiro atoms. The van der Waals surface area contributed by atoms with Gasteiger partial charge in [-0.05, 0) is 41.5 Å². The third kappa shape index (κ3) is 5.68. The first-order valence-corrected chi connectivity index (χ1v) is 21.3. The standard InChI is InChI=1S/C32H39N7OS6/c1-27(21(40)33-7)13-42-23(35-27)29(3)15-44-25(37-29)31(5)17-46-26(39-31)32(6)18-45-24(38-32)30(4)16-43-22(36-30)28(2)14-41-20(34-28)19-11-9-8-10-12-19/h8-12H,13-18H2,1-7H3,(H,33,40)/t27-,28-,29-,30-,31-,32-/m0/s1. The Morgan fingerprint density at radius 3 is 1.35 bits per heavy atom. The number of hydrogen-bond donors (Lipinski definition) is 1. The van der Waals surface area contributed by atoms with Gasteiger partial charge >= 0.3 is 0 Å². The minimum Gasteiger partial charge on any atom is -0.357 e. The summed E-state index contributed by atoms with van der Waals surface area (Å²) in [5, 5.41) is 9.17. The first-order valence-electron chi connectivity index (χ1n) is 15.4. The van der Waals surface area contributed by atoms with Crippen LogP contribution in [0.4, 0.5) is 0 Å². The Balaban J connectivity index is 1.09. The zero-order valence-corrected chi connectivity index (χ0v) is 32.1. The Morgan fingerprint density at radius 1 is 0.543 bits per heavy atom. The Hall–Kier alpha value is -1.19. The molecule has 6 atom stereocenters. The van der Waals surface area contributed by atoms with Crippen molar-refractivity contribution in [1.82, 2.24) is 5.32 Å². The van der Waals surface area contributed by atoms with E-state index in [-0.39, 0.29) is 22.5 Å². The third-order valence-corrected chi connectivity index (χ3v) is 17.9. The molecule has 1 aromatic carbocycles. The van der Waals surface area contributed by atoms with Crippen molar-refractivity contribution in [3.05, 3.63) is 35.9 Å². The molecule has 0 bridgehead atoms. The lowest BCUT2D eigenvalue weighted by molar-refractivity contribution is -0.124. The number of thioether (sulfide) groups is 6. The highest BCUT2D eigenvalue weighted by molar-refractivity contribution is 8.18. The lowest BCUT2D eigenvalue weighted by Gasteiger charge is -2.22. The van der Waals surface area contributed by atoms with E-state index in [4.69, 9.17) is 30.0 Å². The zero-order chi connectivity index (χ0) is 32.6. The lowest BCUT2D eigenvalue weighted by atomic mass is 10.0. The molecule has 0 aliphatic carbocycles. The van der Waals surface area contributed by atoms with Crippen molar-refractivity contribution in [1.29, 1.82) is 0 Å². The molecule has 0 fully saturated rings. The first-order chi connectivity index (χ1) is 21.7. The van der Waals surface area contributed by atoms with Gasteiger partial charge in [-0.15, -0.1) is 70.6 Å². The molecule has 244 valence electrons. The van der Waals surface area contributed by atoms with Crippen LogP contribution in [0.2, 0.25) is 0 Å². The maximum Gasteiger partial charge on any atom is 0.248 e. The molecule has 6 aliphatic rings. The summed E-state index contributed by atoms with van der Waals surface area (Å²) in [6.07, 6.45) is 0. The van der Waals surface area contributed by atoms with Crippen molar-refractivity contribution in [2.75, 3.05) is 41.6 Å². The van der Waals surface area contributed by atoms with Gasteiger partial charge in [-0.3, -0.25) is 34.7 Å². The van der Waals surface area contributed by atoms with Crippen LogP contribution in [0.1, 0.15) is 47.1 Å². The quantitative estimate of drug-likeness (QED) is 0.357.